The largest absolute Gasteiger partial charge is 0.308 e. The van der Waals surface area contributed by atoms with Gasteiger partial charge >= 0.3 is 0 Å². The maximum Gasteiger partial charge on any atom is 0.160 e. The quantitative estimate of drug-likeness (QED) is 0.171. The first-order valence-electron chi connectivity index (χ1n) is 20.4. The number of aliphatic imine (C=N–C) groups is 2. The zero-order chi connectivity index (χ0) is 39.0. The van der Waals surface area contributed by atoms with Gasteiger partial charge in [-0.25, -0.2) is 9.98 Å². The zero-order valence-corrected chi connectivity index (χ0v) is 33.2. The molecule has 4 heteroatoms. The number of benzene rings is 9. The van der Waals surface area contributed by atoms with Gasteiger partial charge in [-0.05, 0) is 86.8 Å². The first-order chi connectivity index (χ1) is 29.2. The van der Waals surface area contributed by atoms with Crippen LogP contribution in [0.1, 0.15) is 30.0 Å². The standard InChI is InChI=1S/C55H37N3S/c1-34-25-29-47(56-55(43-22-12-18-36-14-6-7-19-41(36)43)57-53(34)40-27-26-35-13-2-3-15-37(35)31-40)44-28-30-51-52(45-21-9-11-24-50(45)59-51)54(44)58-48-23-10-8-20-42(48)46-32-38-16-4-5-17-39(38)33-49(46)58/h2-24,26-34H,25H2,1H3/b47-29+,56-55?,57-53?. The molecular weight excluding hydrogens is 735 g/mol. The van der Waals surface area contributed by atoms with Gasteiger partial charge in [0.2, 0.25) is 0 Å². The van der Waals surface area contributed by atoms with Crippen molar-refractivity contribution in [2.24, 2.45) is 15.9 Å². The molecule has 12 rings (SSSR count). The van der Waals surface area contributed by atoms with Crippen molar-refractivity contribution in [1.29, 1.82) is 0 Å². The molecular formula is C55H37N3S. The van der Waals surface area contributed by atoms with Crippen molar-refractivity contribution in [2.75, 3.05) is 0 Å². The van der Waals surface area contributed by atoms with Crippen LogP contribution in [0, 0.1) is 5.92 Å². The Morgan fingerprint density at radius 3 is 2.02 bits per heavy atom. The second kappa shape index (κ2) is 13.5. The predicted molar refractivity (Wildman–Crippen MR) is 254 cm³/mol. The summed E-state index contributed by atoms with van der Waals surface area (Å²) in [5, 5.41) is 12.2. The van der Waals surface area contributed by atoms with Crippen molar-refractivity contribution in [3.05, 3.63) is 205 Å². The summed E-state index contributed by atoms with van der Waals surface area (Å²) in [5.41, 5.74) is 8.73. The molecule has 2 aromatic heterocycles. The highest BCUT2D eigenvalue weighted by Crippen LogP contribution is 2.45. The number of nitrogens with zero attached hydrogens (tertiary/aromatic N) is 3. The molecule has 1 atom stereocenters. The minimum atomic E-state index is 0.125. The normalized spacial score (nSPS) is 15.8. The highest BCUT2D eigenvalue weighted by Gasteiger charge is 2.25. The van der Waals surface area contributed by atoms with Crippen LogP contribution in [-0.4, -0.2) is 16.1 Å². The smallest absolute Gasteiger partial charge is 0.160 e. The van der Waals surface area contributed by atoms with E-state index in [4.69, 9.17) is 9.98 Å². The summed E-state index contributed by atoms with van der Waals surface area (Å²) in [6.45, 7) is 2.31. The molecule has 3 heterocycles. The van der Waals surface area contributed by atoms with Crippen LogP contribution < -0.4 is 0 Å². The number of aromatic nitrogens is 1. The fraction of sp³-hybridized carbons (Fsp3) is 0.0545. The average molecular weight is 772 g/mol. The minimum absolute atomic E-state index is 0.125. The van der Waals surface area contributed by atoms with E-state index in [2.05, 4.69) is 200 Å². The molecule has 0 saturated heterocycles. The van der Waals surface area contributed by atoms with Crippen LogP contribution in [-0.2, 0) is 0 Å². The van der Waals surface area contributed by atoms with Gasteiger partial charge in [0.25, 0.3) is 0 Å². The van der Waals surface area contributed by atoms with E-state index in [1.54, 1.807) is 0 Å². The first-order valence-corrected chi connectivity index (χ1v) is 21.2. The highest BCUT2D eigenvalue weighted by atomic mass is 32.1. The van der Waals surface area contributed by atoms with Gasteiger partial charge in [-0.15, -0.1) is 11.3 Å². The van der Waals surface area contributed by atoms with Crippen molar-refractivity contribution >= 4 is 103 Å². The van der Waals surface area contributed by atoms with Gasteiger partial charge in [0, 0.05) is 48.0 Å². The molecule has 0 fully saturated rings. The Morgan fingerprint density at radius 2 is 1.17 bits per heavy atom. The third-order valence-electron chi connectivity index (χ3n) is 12.2. The highest BCUT2D eigenvalue weighted by molar-refractivity contribution is 7.25. The van der Waals surface area contributed by atoms with Gasteiger partial charge in [-0.2, -0.15) is 0 Å². The third-order valence-corrected chi connectivity index (χ3v) is 13.4. The molecule has 0 bridgehead atoms. The van der Waals surface area contributed by atoms with E-state index in [0.29, 0.717) is 0 Å². The molecule has 0 aliphatic carbocycles. The maximum atomic E-state index is 5.73. The minimum Gasteiger partial charge on any atom is -0.308 e. The summed E-state index contributed by atoms with van der Waals surface area (Å²) in [7, 11) is 0. The number of thiophene rings is 1. The lowest BCUT2D eigenvalue weighted by molar-refractivity contribution is 0.790. The number of para-hydroxylation sites is 1. The maximum absolute atomic E-state index is 5.73. The van der Waals surface area contributed by atoms with Crippen molar-refractivity contribution < 1.29 is 0 Å². The van der Waals surface area contributed by atoms with Crippen LogP contribution >= 0.6 is 11.3 Å². The lowest BCUT2D eigenvalue weighted by Crippen LogP contribution is -2.17. The van der Waals surface area contributed by atoms with Crippen LogP contribution in [0.2, 0.25) is 0 Å². The molecule has 59 heavy (non-hydrogen) atoms. The number of allylic oxidation sites excluding steroid dienone is 1. The van der Waals surface area contributed by atoms with Gasteiger partial charge < -0.3 is 4.57 Å². The van der Waals surface area contributed by atoms with Crippen molar-refractivity contribution in [2.45, 2.75) is 13.3 Å². The monoisotopic (exact) mass is 771 g/mol. The number of hydrogen-bond donors (Lipinski definition) is 0. The van der Waals surface area contributed by atoms with E-state index in [1.165, 1.54) is 68.9 Å². The Bertz CT molecular complexity index is 3610. The number of amidine groups is 1. The molecule has 0 N–H and O–H groups in total. The van der Waals surface area contributed by atoms with E-state index >= 15 is 0 Å². The Labute approximate surface area is 345 Å². The molecule has 0 radical (unpaired) electrons. The summed E-state index contributed by atoms with van der Waals surface area (Å²) in [6.07, 6.45) is 3.15. The molecule has 1 aliphatic rings. The summed E-state index contributed by atoms with van der Waals surface area (Å²) < 4.78 is 5.05. The van der Waals surface area contributed by atoms with Gasteiger partial charge in [0.1, 0.15) is 0 Å². The van der Waals surface area contributed by atoms with Crippen LogP contribution in [0.25, 0.3) is 85.7 Å². The fourth-order valence-electron chi connectivity index (χ4n) is 9.35. The summed E-state index contributed by atoms with van der Waals surface area (Å²) in [4.78, 5) is 11.4. The summed E-state index contributed by atoms with van der Waals surface area (Å²) in [5.74, 6) is 0.845. The lowest BCUT2D eigenvalue weighted by Gasteiger charge is -2.21. The van der Waals surface area contributed by atoms with Crippen LogP contribution in [0.3, 0.4) is 0 Å². The molecule has 1 unspecified atom stereocenters. The Hall–Kier alpha value is -7.14. The van der Waals surface area contributed by atoms with Gasteiger partial charge in [0.05, 0.1) is 28.1 Å². The number of hydrogen-bond acceptors (Lipinski definition) is 3. The molecule has 0 saturated carbocycles. The van der Waals surface area contributed by atoms with E-state index in [9.17, 15) is 0 Å². The van der Waals surface area contributed by atoms with Crippen LogP contribution in [0.5, 0.6) is 0 Å². The number of rotatable bonds is 4. The Morgan fingerprint density at radius 1 is 0.492 bits per heavy atom. The molecule has 1 aliphatic heterocycles. The van der Waals surface area contributed by atoms with Gasteiger partial charge in [-0.1, -0.05) is 153 Å². The van der Waals surface area contributed by atoms with E-state index in [-0.39, 0.29) is 5.92 Å². The zero-order valence-electron chi connectivity index (χ0n) is 32.4. The Balaban J connectivity index is 1.18. The second-order valence-corrected chi connectivity index (χ2v) is 16.8. The topological polar surface area (TPSA) is 29.6 Å². The molecule has 3 nitrogen and oxygen atoms in total. The van der Waals surface area contributed by atoms with Gasteiger partial charge in [-0.3, -0.25) is 0 Å². The molecule has 0 amide bonds. The summed E-state index contributed by atoms with van der Waals surface area (Å²) >= 11 is 1.86. The molecule has 11 aromatic rings. The van der Waals surface area contributed by atoms with Crippen molar-refractivity contribution in [3.63, 3.8) is 0 Å². The SMILES string of the molecule is CC1C/C=C(\c2ccc3sc4ccccc4c3c2-n2c3ccccc3c3cc4ccccc4cc32)N=C(c2cccc3ccccc23)N=C1c1ccc2ccccc2c1. The summed E-state index contributed by atoms with van der Waals surface area (Å²) in [6, 6.07) is 66.2. The molecule has 9 aromatic carbocycles. The van der Waals surface area contributed by atoms with Crippen LogP contribution in [0.4, 0.5) is 0 Å². The Kier molecular flexibility index (Phi) is 7.75. The molecule has 278 valence electrons. The van der Waals surface area contributed by atoms with Crippen molar-refractivity contribution in [3.8, 4) is 5.69 Å². The second-order valence-electron chi connectivity index (χ2n) is 15.7. The van der Waals surface area contributed by atoms with E-state index < -0.39 is 0 Å². The third kappa shape index (κ3) is 5.48. The van der Waals surface area contributed by atoms with E-state index in [0.717, 1.165) is 51.4 Å². The van der Waals surface area contributed by atoms with Crippen LogP contribution in [0.15, 0.2) is 198 Å². The molecule has 0 spiro atoms. The predicted octanol–water partition coefficient (Wildman–Crippen LogP) is 14.9. The fourth-order valence-corrected chi connectivity index (χ4v) is 10.5. The first kappa shape index (κ1) is 33.9. The van der Waals surface area contributed by atoms with Crippen molar-refractivity contribution in [1.82, 2.24) is 4.57 Å². The van der Waals surface area contributed by atoms with E-state index in [1.807, 2.05) is 11.3 Å². The average Bonchev–Trinajstić information content (AvgIpc) is 3.82. The van der Waals surface area contributed by atoms with Gasteiger partial charge in [0.15, 0.2) is 5.84 Å². The number of fused-ring (bicyclic) bond motifs is 9. The lowest BCUT2D eigenvalue weighted by atomic mass is 9.91.